The highest BCUT2D eigenvalue weighted by atomic mass is 32.2. The van der Waals surface area contributed by atoms with E-state index < -0.39 is 10.0 Å². The Balaban J connectivity index is 2.79. The Morgan fingerprint density at radius 3 is 2.67 bits per heavy atom. The van der Waals surface area contributed by atoms with Gasteiger partial charge < -0.3 is 0 Å². The fourth-order valence-electron chi connectivity index (χ4n) is 1.83. The van der Waals surface area contributed by atoms with Crippen molar-refractivity contribution in [3.05, 3.63) is 30.1 Å². The number of nitrogens with zero attached hydrogens (tertiary/aromatic N) is 1. The highest BCUT2D eigenvalue weighted by Crippen LogP contribution is 2.19. The summed E-state index contributed by atoms with van der Waals surface area (Å²) in [4.78, 5) is 4.05. The molecule has 0 unspecified atom stereocenters. The second kappa shape index (κ2) is 7.48. The van der Waals surface area contributed by atoms with Crippen molar-refractivity contribution >= 4 is 10.0 Å². The second-order valence-corrected chi connectivity index (χ2v) is 6.29. The highest BCUT2D eigenvalue weighted by Gasteiger charge is 2.18. The molecule has 102 valence electrons. The summed E-state index contributed by atoms with van der Waals surface area (Å²) < 4.78 is 26.5. The summed E-state index contributed by atoms with van der Waals surface area (Å²) >= 11 is 0. The van der Waals surface area contributed by atoms with Gasteiger partial charge in [0.15, 0.2) is 0 Å². The molecule has 0 saturated carbocycles. The van der Waals surface area contributed by atoms with E-state index in [1.54, 1.807) is 12.4 Å². The minimum absolute atomic E-state index is 0.157. The van der Waals surface area contributed by atoms with Gasteiger partial charge in [0.2, 0.25) is 10.0 Å². The number of aromatic nitrogens is 1. The van der Waals surface area contributed by atoms with E-state index in [4.69, 9.17) is 0 Å². The molecule has 0 amide bonds. The summed E-state index contributed by atoms with van der Waals surface area (Å²) in [6, 6.07) is 3.60. The van der Waals surface area contributed by atoms with Crippen molar-refractivity contribution in [2.75, 3.05) is 5.75 Å². The topological polar surface area (TPSA) is 59.1 Å². The van der Waals surface area contributed by atoms with Crippen LogP contribution in [0.3, 0.4) is 0 Å². The molecule has 0 saturated heterocycles. The molecule has 1 aromatic heterocycles. The second-order valence-electron chi connectivity index (χ2n) is 4.42. The molecule has 4 nitrogen and oxygen atoms in total. The van der Waals surface area contributed by atoms with Crippen molar-refractivity contribution in [1.29, 1.82) is 0 Å². The van der Waals surface area contributed by atoms with Crippen molar-refractivity contribution in [3.8, 4) is 0 Å². The van der Waals surface area contributed by atoms with E-state index in [2.05, 4.69) is 16.6 Å². The molecule has 0 spiro atoms. The van der Waals surface area contributed by atoms with Gasteiger partial charge >= 0.3 is 0 Å². The lowest BCUT2D eigenvalue weighted by Gasteiger charge is -2.18. The summed E-state index contributed by atoms with van der Waals surface area (Å²) in [5.41, 5.74) is 0.936. The van der Waals surface area contributed by atoms with Crippen LogP contribution < -0.4 is 4.72 Å². The summed E-state index contributed by atoms with van der Waals surface area (Å²) in [6.07, 6.45) is 6.91. The Labute approximate surface area is 110 Å². The maximum absolute atomic E-state index is 11.8. The molecule has 1 rings (SSSR count). The lowest BCUT2D eigenvalue weighted by molar-refractivity contribution is 0.524. The van der Waals surface area contributed by atoms with Gasteiger partial charge in [0.25, 0.3) is 0 Å². The van der Waals surface area contributed by atoms with Gasteiger partial charge in [0.05, 0.1) is 5.75 Å². The number of rotatable bonds is 8. The normalized spacial score (nSPS) is 13.4. The van der Waals surface area contributed by atoms with Gasteiger partial charge in [0, 0.05) is 18.4 Å². The molecular weight excluding hydrogens is 248 g/mol. The van der Waals surface area contributed by atoms with Crippen LogP contribution >= 0.6 is 0 Å². The molecule has 0 aromatic carbocycles. The number of hydrogen-bond donors (Lipinski definition) is 1. The Morgan fingerprint density at radius 1 is 1.33 bits per heavy atom. The van der Waals surface area contributed by atoms with Gasteiger partial charge in [-0.05, 0) is 24.5 Å². The molecule has 1 aromatic rings. The average molecular weight is 270 g/mol. The standard InChI is InChI=1S/C13H22N2O2S/c1-3-5-8-13(12-7-6-9-14-11-12)15-18(16,17)10-4-2/h6-7,9,11,13,15H,3-5,8,10H2,1-2H3/t13-/m1/s1. The van der Waals surface area contributed by atoms with E-state index in [1.165, 1.54) is 0 Å². The first-order chi connectivity index (χ1) is 8.59. The van der Waals surface area contributed by atoms with Crippen LogP contribution in [0.2, 0.25) is 0 Å². The zero-order valence-corrected chi connectivity index (χ0v) is 11.9. The molecule has 18 heavy (non-hydrogen) atoms. The number of hydrogen-bond acceptors (Lipinski definition) is 3. The summed E-state index contributed by atoms with van der Waals surface area (Å²) in [5.74, 6) is 0.176. The fraction of sp³-hybridized carbons (Fsp3) is 0.615. The van der Waals surface area contributed by atoms with Crippen LogP contribution in [0, 0.1) is 0 Å². The van der Waals surface area contributed by atoms with Gasteiger partial charge in [-0.25, -0.2) is 13.1 Å². The van der Waals surface area contributed by atoms with Crippen molar-refractivity contribution in [3.63, 3.8) is 0 Å². The zero-order valence-electron chi connectivity index (χ0n) is 11.1. The Bertz CT molecular complexity index is 432. The smallest absolute Gasteiger partial charge is 0.212 e. The van der Waals surface area contributed by atoms with Crippen LogP contribution in [-0.2, 0) is 10.0 Å². The van der Waals surface area contributed by atoms with Crippen LogP contribution in [0.15, 0.2) is 24.5 Å². The van der Waals surface area contributed by atoms with Gasteiger partial charge in [-0.15, -0.1) is 0 Å². The molecule has 1 atom stereocenters. The Hall–Kier alpha value is -0.940. The quantitative estimate of drug-likeness (QED) is 0.790. The molecule has 5 heteroatoms. The van der Waals surface area contributed by atoms with E-state index in [-0.39, 0.29) is 11.8 Å². The molecule has 0 aliphatic rings. The number of unbranched alkanes of at least 4 members (excludes halogenated alkanes) is 1. The number of sulfonamides is 1. The van der Waals surface area contributed by atoms with Gasteiger partial charge in [-0.2, -0.15) is 0 Å². The zero-order chi connectivity index (χ0) is 13.4. The van der Waals surface area contributed by atoms with E-state index >= 15 is 0 Å². The molecule has 0 fully saturated rings. The van der Waals surface area contributed by atoms with Crippen LogP contribution in [0.25, 0.3) is 0 Å². The minimum atomic E-state index is -3.19. The maximum atomic E-state index is 11.8. The molecular formula is C13H22N2O2S. The van der Waals surface area contributed by atoms with E-state index in [1.807, 2.05) is 19.1 Å². The summed E-state index contributed by atoms with van der Waals surface area (Å²) in [5, 5.41) is 0. The van der Waals surface area contributed by atoms with Crippen molar-refractivity contribution in [2.24, 2.45) is 0 Å². The first kappa shape index (κ1) is 15.1. The van der Waals surface area contributed by atoms with Gasteiger partial charge in [-0.3, -0.25) is 4.98 Å². The van der Waals surface area contributed by atoms with Gasteiger partial charge in [-0.1, -0.05) is 32.8 Å². The molecule has 0 aliphatic heterocycles. The lowest BCUT2D eigenvalue weighted by Crippen LogP contribution is -2.30. The predicted octanol–water partition coefficient (Wildman–Crippen LogP) is 2.64. The molecule has 1 N–H and O–H groups in total. The van der Waals surface area contributed by atoms with Crippen molar-refractivity contribution < 1.29 is 8.42 Å². The van der Waals surface area contributed by atoms with E-state index in [0.29, 0.717) is 6.42 Å². The minimum Gasteiger partial charge on any atom is -0.264 e. The third kappa shape index (κ3) is 5.14. The number of nitrogens with one attached hydrogen (secondary N) is 1. The molecule has 0 aliphatic carbocycles. The van der Waals surface area contributed by atoms with Crippen molar-refractivity contribution in [1.82, 2.24) is 9.71 Å². The Morgan fingerprint density at radius 2 is 2.11 bits per heavy atom. The first-order valence-corrected chi connectivity index (χ1v) is 8.14. The maximum Gasteiger partial charge on any atom is 0.212 e. The van der Waals surface area contributed by atoms with E-state index in [9.17, 15) is 8.42 Å². The first-order valence-electron chi connectivity index (χ1n) is 6.49. The lowest BCUT2D eigenvalue weighted by atomic mass is 10.0. The highest BCUT2D eigenvalue weighted by molar-refractivity contribution is 7.89. The molecule has 0 radical (unpaired) electrons. The average Bonchev–Trinajstić information content (AvgIpc) is 2.35. The molecule has 0 bridgehead atoms. The SMILES string of the molecule is CCCC[C@@H](NS(=O)(=O)CCC)c1cccnc1. The van der Waals surface area contributed by atoms with Crippen LogP contribution in [0.4, 0.5) is 0 Å². The monoisotopic (exact) mass is 270 g/mol. The number of pyridine rings is 1. The van der Waals surface area contributed by atoms with Gasteiger partial charge in [0.1, 0.15) is 0 Å². The largest absolute Gasteiger partial charge is 0.264 e. The summed E-state index contributed by atoms with van der Waals surface area (Å²) in [6.45, 7) is 3.96. The summed E-state index contributed by atoms with van der Waals surface area (Å²) in [7, 11) is -3.19. The molecule has 1 heterocycles. The third-order valence-electron chi connectivity index (χ3n) is 2.73. The predicted molar refractivity (Wildman–Crippen MR) is 73.7 cm³/mol. The third-order valence-corrected chi connectivity index (χ3v) is 4.32. The Kier molecular flexibility index (Phi) is 6.29. The van der Waals surface area contributed by atoms with Crippen LogP contribution in [-0.4, -0.2) is 19.2 Å². The fourth-order valence-corrected chi connectivity index (χ4v) is 3.17. The van der Waals surface area contributed by atoms with E-state index in [0.717, 1.165) is 24.8 Å². The van der Waals surface area contributed by atoms with Crippen molar-refractivity contribution in [2.45, 2.75) is 45.6 Å². The van der Waals surface area contributed by atoms with Crippen LogP contribution in [0.1, 0.15) is 51.1 Å². The van der Waals surface area contributed by atoms with Crippen LogP contribution in [0.5, 0.6) is 0 Å².